The van der Waals surface area contributed by atoms with Crippen LogP contribution in [0.4, 0.5) is 4.79 Å². The molecule has 0 saturated heterocycles. The Kier molecular flexibility index (Phi) is 5.58. The fourth-order valence-corrected chi connectivity index (χ4v) is 1.61. The summed E-state index contributed by atoms with van der Waals surface area (Å²) in [6, 6.07) is 7.76. The Labute approximate surface area is 125 Å². The summed E-state index contributed by atoms with van der Waals surface area (Å²) in [5.74, 6) is 0.0729. The Hall–Kier alpha value is -2.24. The number of rotatable bonds is 4. The van der Waals surface area contributed by atoms with Gasteiger partial charge in [0.15, 0.2) is 5.96 Å². The number of benzene rings is 1. The molecule has 1 amide bonds. The number of nitrogens with zero attached hydrogens (tertiary/aromatic N) is 2. The van der Waals surface area contributed by atoms with Crippen LogP contribution in [0.15, 0.2) is 29.3 Å². The molecular weight excluding hydrogens is 268 g/mol. The summed E-state index contributed by atoms with van der Waals surface area (Å²) in [4.78, 5) is 17.3. The summed E-state index contributed by atoms with van der Waals surface area (Å²) in [7, 11) is 1.71. The average molecular weight is 292 g/mol. The summed E-state index contributed by atoms with van der Waals surface area (Å²) in [5, 5.41) is 0. The molecule has 0 aliphatic heterocycles. The van der Waals surface area contributed by atoms with Crippen LogP contribution in [-0.4, -0.2) is 29.6 Å². The SMILES string of the molecule is CN(Cc1ccc(CN=C(N)N)cc1)C(=O)OC(C)(C)C. The normalized spacial score (nSPS) is 10.9. The van der Waals surface area contributed by atoms with Crippen LogP contribution in [0.1, 0.15) is 31.9 Å². The summed E-state index contributed by atoms with van der Waals surface area (Å²) < 4.78 is 5.30. The first kappa shape index (κ1) is 16.8. The molecule has 0 bridgehead atoms. The van der Waals surface area contributed by atoms with E-state index in [0.717, 1.165) is 11.1 Å². The van der Waals surface area contributed by atoms with Crippen molar-refractivity contribution in [1.29, 1.82) is 0 Å². The Morgan fingerprint density at radius 2 is 1.71 bits per heavy atom. The largest absolute Gasteiger partial charge is 0.444 e. The summed E-state index contributed by atoms with van der Waals surface area (Å²) in [6.07, 6.45) is -0.341. The number of amides is 1. The van der Waals surface area contributed by atoms with Gasteiger partial charge in [-0.3, -0.25) is 0 Å². The molecule has 1 aromatic carbocycles. The van der Waals surface area contributed by atoms with Crippen molar-refractivity contribution in [2.75, 3.05) is 7.05 Å². The molecule has 0 fully saturated rings. The fourth-order valence-electron chi connectivity index (χ4n) is 1.61. The third kappa shape index (κ3) is 6.65. The van der Waals surface area contributed by atoms with Gasteiger partial charge in [-0.15, -0.1) is 0 Å². The maximum absolute atomic E-state index is 11.9. The Bertz CT molecular complexity index is 499. The quantitative estimate of drug-likeness (QED) is 0.654. The highest BCUT2D eigenvalue weighted by atomic mass is 16.6. The Morgan fingerprint density at radius 1 is 1.19 bits per heavy atom. The van der Waals surface area contributed by atoms with Crippen LogP contribution in [0, 0.1) is 0 Å². The van der Waals surface area contributed by atoms with E-state index in [1.807, 2.05) is 45.0 Å². The number of aliphatic imine (C=N–C) groups is 1. The zero-order valence-corrected chi connectivity index (χ0v) is 13.1. The Balaban J connectivity index is 2.59. The van der Waals surface area contributed by atoms with Crippen molar-refractivity contribution in [3.8, 4) is 0 Å². The first-order chi connectivity index (χ1) is 9.67. The van der Waals surface area contributed by atoms with Gasteiger partial charge in [0.1, 0.15) is 5.60 Å². The second-order valence-electron chi connectivity index (χ2n) is 5.89. The van der Waals surface area contributed by atoms with Crippen molar-refractivity contribution in [2.24, 2.45) is 16.5 Å². The highest BCUT2D eigenvalue weighted by Crippen LogP contribution is 2.12. The molecule has 0 unspecified atom stereocenters. The predicted molar refractivity (Wildman–Crippen MR) is 83.7 cm³/mol. The van der Waals surface area contributed by atoms with Crippen LogP contribution < -0.4 is 11.5 Å². The molecule has 1 rings (SSSR count). The number of nitrogens with two attached hydrogens (primary N) is 2. The van der Waals surface area contributed by atoms with Crippen LogP contribution in [0.25, 0.3) is 0 Å². The molecular formula is C15H24N4O2. The molecule has 0 aliphatic rings. The lowest BCUT2D eigenvalue weighted by atomic mass is 10.1. The van der Waals surface area contributed by atoms with Crippen molar-refractivity contribution in [2.45, 2.75) is 39.5 Å². The van der Waals surface area contributed by atoms with Gasteiger partial charge >= 0.3 is 6.09 Å². The third-order valence-electron chi connectivity index (χ3n) is 2.59. The maximum atomic E-state index is 11.9. The van der Waals surface area contributed by atoms with E-state index in [1.54, 1.807) is 7.05 Å². The highest BCUT2D eigenvalue weighted by Gasteiger charge is 2.19. The number of guanidine groups is 1. The lowest BCUT2D eigenvalue weighted by Gasteiger charge is -2.24. The van der Waals surface area contributed by atoms with Crippen molar-refractivity contribution in [3.05, 3.63) is 35.4 Å². The molecule has 0 aliphatic carbocycles. The molecule has 0 aromatic heterocycles. The lowest BCUT2D eigenvalue weighted by molar-refractivity contribution is 0.0285. The van der Waals surface area contributed by atoms with Crippen molar-refractivity contribution >= 4 is 12.1 Å². The minimum absolute atomic E-state index is 0.0729. The number of carbonyl (C=O) groups is 1. The van der Waals surface area contributed by atoms with Crippen molar-refractivity contribution in [3.63, 3.8) is 0 Å². The topological polar surface area (TPSA) is 93.9 Å². The first-order valence-corrected chi connectivity index (χ1v) is 6.75. The van der Waals surface area contributed by atoms with Gasteiger partial charge in [0, 0.05) is 13.6 Å². The zero-order chi connectivity index (χ0) is 16.0. The number of ether oxygens (including phenoxy) is 1. The number of hydrogen-bond acceptors (Lipinski definition) is 3. The van der Waals surface area contributed by atoms with Crippen LogP contribution >= 0.6 is 0 Å². The minimum atomic E-state index is -0.491. The summed E-state index contributed by atoms with van der Waals surface area (Å²) in [6.45, 7) is 6.47. The van der Waals surface area contributed by atoms with E-state index in [2.05, 4.69) is 4.99 Å². The second-order valence-corrected chi connectivity index (χ2v) is 5.89. The van der Waals surface area contributed by atoms with E-state index < -0.39 is 5.60 Å². The smallest absolute Gasteiger partial charge is 0.410 e. The van der Waals surface area contributed by atoms with Gasteiger partial charge in [0.05, 0.1) is 6.54 Å². The van der Waals surface area contributed by atoms with Gasteiger partial charge in [0.25, 0.3) is 0 Å². The molecule has 1 aromatic rings. The third-order valence-corrected chi connectivity index (χ3v) is 2.59. The van der Waals surface area contributed by atoms with E-state index in [4.69, 9.17) is 16.2 Å². The molecule has 0 spiro atoms. The molecule has 21 heavy (non-hydrogen) atoms. The lowest BCUT2D eigenvalue weighted by Crippen LogP contribution is -2.33. The van der Waals surface area contributed by atoms with Gasteiger partial charge in [-0.2, -0.15) is 0 Å². The van der Waals surface area contributed by atoms with E-state index in [-0.39, 0.29) is 12.1 Å². The predicted octanol–water partition coefficient (Wildman–Crippen LogP) is 1.83. The van der Waals surface area contributed by atoms with Crippen LogP contribution in [0.5, 0.6) is 0 Å². The average Bonchev–Trinajstić information content (AvgIpc) is 2.35. The molecule has 4 N–H and O–H groups in total. The van der Waals surface area contributed by atoms with Crippen LogP contribution in [0.2, 0.25) is 0 Å². The van der Waals surface area contributed by atoms with Gasteiger partial charge in [-0.25, -0.2) is 9.79 Å². The second kappa shape index (κ2) is 6.97. The molecule has 0 heterocycles. The standard InChI is InChI=1S/C15H24N4O2/c1-15(2,3)21-14(20)19(4)10-12-7-5-11(6-8-12)9-18-13(16)17/h5-8H,9-10H2,1-4H3,(H4,16,17,18). The molecule has 0 atom stereocenters. The molecule has 6 nitrogen and oxygen atoms in total. The number of carbonyl (C=O) groups excluding carboxylic acids is 1. The van der Waals surface area contributed by atoms with Gasteiger partial charge in [-0.1, -0.05) is 24.3 Å². The van der Waals surface area contributed by atoms with E-state index in [0.29, 0.717) is 13.1 Å². The van der Waals surface area contributed by atoms with E-state index >= 15 is 0 Å². The molecule has 0 radical (unpaired) electrons. The zero-order valence-electron chi connectivity index (χ0n) is 13.1. The van der Waals surface area contributed by atoms with Crippen LogP contribution in [0.3, 0.4) is 0 Å². The fraction of sp³-hybridized carbons (Fsp3) is 0.467. The monoisotopic (exact) mass is 292 g/mol. The van der Waals surface area contributed by atoms with Gasteiger partial charge in [0.2, 0.25) is 0 Å². The van der Waals surface area contributed by atoms with Crippen molar-refractivity contribution in [1.82, 2.24) is 4.90 Å². The number of hydrogen-bond donors (Lipinski definition) is 2. The summed E-state index contributed by atoms with van der Waals surface area (Å²) in [5.41, 5.74) is 12.1. The highest BCUT2D eigenvalue weighted by molar-refractivity contribution is 5.75. The molecule has 0 saturated carbocycles. The molecule has 6 heteroatoms. The molecule has 116 valence electrons. The van der Waals surface area contributed by atoms with Gasteiger partial charge < -0.3 is 21.1 Å². The van der Waals surface area contributed by atoms with Crippen molar-refractivity contribution < 1.29 is 9.53 Å². The first-order valence-electron chi connectivity index (χ1n) is 6.75. The minimum Gasteiger partial charge on any atom is -0.444 e. The van der Waals surface area contributed by atoms with Crippen LogP contribution in [-0.2, 0) is 17.8 Å². The van der Waals surface area contributed by atoms with E-state index in [1.165, 1.54) is 4.90 Å². The van der Waals surface area contributed by atoms with E-state index in [9.17, 15) is 4.79 Å². The maximum Gasteiger partial charge on any atom is 0.410 e. The Morgan fingerprint density at radius 3 is 2.19 bits per heavy atom. The summed E-state index contributed by atoms with van der Waals surface area (Å²) >= 11 is 0. The van der Waals surface area contributed by atoms with Gasteiger partial charge in [-0.05, 0) is 31.9 Å².